The quantitative estimate of drug-likeness (QED) is 0.0869. The summed E-state index contributed by atoms with van der Waals surface area (Å²) in [6.07, 6.45) is 4.99. The molecule has 0 bridgehead atoms. The molecule has 0 saturated carbocycles. The first-order valence-corrected chi connectivity index (χ1v) is 24.1. The van der Waals surface area contributed by atoms with Gasteiger partial charge in [0.25, 0.3) is 5.91 Å². The second-order valence-electron chi connectivity index (χ2n) is 16.7. The first kappa shape index (κ1) is 46.1. The molecule has 3 saturated heterocycles. The van der Waals surface area contributed by atoms with Crippen LogP contribution >= 0.6 is 30.7 Å². The van der Waals surface area contributed by atoms with Gasteiger partial charge in [-0.1, -0.05) is 48.9 Å². The van der Waals surface area contributed by atoms with Crippen molar-refractivity contribution in [3.8, 4) is 11.8 Å². The lowest BCUT2D eigenvalue weighted by Crippen LogP contribution is -2.56. The van der Waals surface area contributed by atoms with E-state index in [0.717, 1.165) is 41.7 Å². The van der Waals surface area contributed by atoms with Gasteiger partial charge in [-0.3, -0.25) is 28.5 Å². The second-order valence-corrected chi connectivity index (χ2v) is 20.8. The van der Waals surface area contributed by atoms with Crippen molar-refractivity contribution in [1.29, 1.82) is 5.26 Å². The summed E-state index contributed by atoms with van der Waals surface area (Å²) in [6.45, 7) is 2.50. The van der Waals surface area contributed by atoms with E-state index < -0.39 is 66.5 Å². The van der Waals surface area contributed by atoms with Crippen LogP contribution in [0.3, 0.4) is 0 Å². The number of para-hydroxylation sites is 1. The molecule has 3 aliphatic heterocycles. The maximum atomic E-state index is 16.5. The van der Waals surface area contributed by atoms with Crippen LogP contribution in [0.5, 0.6) is 5.75 Å². The van der Waals surface area contributed by atoms with Crippen molar-refractivity contribution in [3.63, 3.8) is 0 Å². The number of H-pyrrole nitrogens is 1. The number of nitrogens with one attached hydrogen (secondary N) is 2. The van der Waals surface area contributed by atoms with E-state index in [9.17, 15) is 38.9 Å². The molecule has 63 heavy (non-hydrogen) atoms. The van der Waals surface area contributed by atoms with Crippen LogP contribution in [0.15, 0.2) is 77.7 Å². The number of benzene rings is 2. The lowest BCUT2D eigenvalue weighted by Gasteiger charge is -2.36. The lowest BCUT2D eigenvalue weighted by atomic mass is 9.91. The predicted molar refractivity (Wildman–Crippen MR) is 234 cm³/mol. The van der Waals surface area contributed by atoms with Gasteiger partial charge in [0.05, 0.1) is 35.5 Å². The second kappa shape index (κ2) is 19.0. The standard InChI is InChI=1S/C44H48F2N5O9PS2/c1-43(2,26-52)42(57)62-19-18-59-61(58,60-32-9-4-3-5-10-32)44(45,46)30-12-15-36-28(20-30)21-37(63-36)39(54)49-34-11-7-6-8-31-13-14-35(51(31)40(34)55)41(56)50-24-29(23-47)33(25-50)27-16-17-48-38(53)22-27/h3-5,9-10,12,15-17,20-22,29,31,33-35,52H,6-8,11,13-14,18-19,24-26H2,1-2H3,(H,48,53)(H,49,54)/t29-,31-,33+,34?,35-,61?/m0/s1. The first-order chi connectivity index (χ1) is 30.0. The molecule has 14 nitrogen and oxygen atoms in total. The smallest absolute Gasteiger partial charge is 0.420 e. The normalized spacial score (nSPS) is 22.7. The third-order valence-corrected chi connectivity index (χ3v) is 16.1. The zero-order chi connectivity index (χ0) is 45.1. The van der Waals surface area contributed by atoms with Crippen molar-refractivity contribution < 1.29 is 46.7 Å². The van der Waals surface area contributed by atoms with Gasteiger partial charge in [0.1, 0.15) is 17.8 Å². The number of carbonyl (C=O) groups is 4. The van der Waals surface area contributed by atoms with Crippen molar-refractivity contribution in [2.24, 2.45) is 11.3 Å². The molecule has 3 amide bonds. The number of nitrogens with zero attached hydrogens (tertiary/aromatic N) is 3. The molecule has 0 spiro atoms. The van der Waals surface area contributed by atoms with Crippen molar-refractivity contribution in [2.75, 3.05) is 32.1 Å². The largest absolute Gasteiger partial charge is 0.453 e. The van der Waals surface area contributed by atoms with E-state index in [1.807, 2.05) is 0 Å². The molecule has 3 N–H and O–H groups in total. The number of aromatic amines is 1. The van der Waals surface area contributed by atoms with Crippen LogP contribution in [0.1, 0.15) is 79.1 Å². The van der Waals surface area contributed by atoms with E-state index in [2.05, 4.69) is 16.4 Å². The zero-order valence-electron chi connectivity index (χ0n) is 34.7. The number of thiophene rings is 1. The number of aliphatic hydroxyl groups excluding tert-OH is 1. The monoisotopic (exact) mass is 923 g/mol. The summed E-state index contributed by atoms with van der Waals surface area (Å²) < 4.78 is 58.3. The molecule has 4 aromatic rings. The van der Waals surface area contributed by atoms with Crippen LogP contribution in [0.2, 0.25) is 0 Å². The Balaban J connectivity index is 1.06. The number of rotatable bonds is 14. The van der Waals surface area contributed by atoms with E-state index in [4.69, 9.17) is 9.05 Å². The fourth-order valence-electron chi connectivity index (χ4n) is 8.33. The summed E-state index contributed by atoms with van der Waals surface area (Å²) in [4.78, 5) is 72.8. The number of hydrogen-bond acceptors (Lipinski definition) is 12. The Labute approximate surface area is 370 Å². The average Bonchev–Trinajstić information content (AvgIpc) is 4.02. The van der Waals surface area contributed by atoms with Gasteiger partial charge >= 0.3 is 13.3 Å². The lowest BCUT2D eigenvalue weighted by molar-refractivity contribution is -0.146. The molecule has 2 aromatic heterocycles. The minimum atomic E-state index is -5.33. The maximum Gasteiger partial charge on any atom is 0.453 e. The van der Waals surface area contributed by atoms with E-state index in [0.29, 0.717) is 42.4 Å². The highest BCUT2D eigenvalue weighted by molar-refractivity contribution is 8.13. The fourth-order valence-corrected chi connectivity index (χ4v) is 11.7. The number of halogens is 2. The Morgan fingerprint density at radius 3 is 2.52 bits per heavy atom. The van der Waals surface area contributed by atoms with Crippen molar-refractivity contribution in [3.05, 3.63) is 99.3 Å². The van der Waals surface area contributed by atoms with E-state index in [1.165, 1.54) is 62.5 Å². The minimum Gasteiger partial charge on any atom is -0.420 e. The highest BCUT2D eigenvalue weighted by Crippen LogP contribution is 2.66. The number of pyridine rings is 1. The van der Waals surface area contributed by atoms with Crippen molar-refractivity contribution >= 4 is 63.6 Å². The predicted octanol–water partition coefficient (Wildman–Crippen LogP) is 7.00. The SMILES string of the molecule is CC(C)(CO)C(=O)SCCOP(=O)(Oc1ccccc1)C(F)(F)c1ccc2sc(C(=O)NC3CCCC[C@H]4CC[C@@H](C(=O)N5C[C@H](c6cc[nH]c(=O)c6)[C@@H](C#N)C5)N4C3=O)cc2c1. The Kier molecular flexibility index (Phi) is 13.9. The molecule has 0 aliphatic carbocycles. The average molecular weight is 924 g/mol. The summed E-state index contributed by atoms with van der Waals surface area (Å²) in [7, 11) is -5.33. The highest BCUT2D eigenvalue weighted by atomic mass is 32.2. The van der Waals surface area contributed by atoms with Crippen LogP contribution in [0, 0.1) is 22.7 Å². The number of carbonyl (C=O) groups excluding carboxylic acids is 4. The third kappa shape index (κ3) is 9.78. The minimum absolute atomic E-state index is 0.125. The van der Waals surface area contributed by atoms with Crippen LogP contribution in [-0.2, 0) is 29.1 Å². The number of fused-ring (bicyclic) bond motifs is 2. The van der Waals surface area contributed by atoms with Crippen molar-refractivity contribution in [2.45, 2.75) is 82.1 Å². The van der Waals surface area contributed by atoms with Crippen LogP contribution in [0.4, 0.5) is 8.78 Å². The number of aliphatic hydroxyl groups is 1. The van der Waals surface area contributed by atoms with Gasteiger partial charge in [0.2, 0.25) is 17.4 Å². The summed E-state index contributed by atoms with van der Waals surface area (Å²) in [5.41, 5.74) is -5.62. The maximum absolute atomic E-state index is 16.5. The number of alkyl halides is 2. The van der Waals surface area contributed by atoms with Crippen LogP contribution in [-0.4, -0.2) is 92.9 Å². The van der Waals surface area contributed by atoms with Gasteiger partial charge in [-0.2, -0.15) is 14.0 Å². The molecule has 5 heterocycles. The van der Waals surface area contributed by atoms with Gasteiger partial charge in [-0.05, 0) is 86.9 Å². The summed E-state index contributed by atoms with van der Waals surface area (Å²) in [5, 5.41) is 22.2. The Bertz CT molecular complexity index is 2510. The van der Waals surface area contributed by atoms with Gasteiger partial charge in [0.15, 0.2) is 5.12 Å². The number of amides is 3. The number of thioether (sulfide) groups is 1. The molecule has 2 aromatic carbocycles. The Morgan fingerprint density at radius 2 is 1.79 bits per heavy atom. The molecule has 6 atom stereocenters. The molecule has 2 unspecified atom stereocenters. The summed E-state index contributed by atoms with van der Waals surface area (Å²) in [5.74, 6) is -2.43. The van der Waals surface area contributed by atoms with E-state index in [-0.39, 0.29) is 64.2 Å². The number of nitriles is 1. The van der Waals surface area contributed by atoms with Crippen LogP contribution in [0.25, 0.3) is 10.1 Å². The molecular formula is C44H48F2N5O9PS2. The van der Waals surface area contributed by atoms with Gasteiger partial charge in [-0.15, -0.1) is 11.3 Å². The zero-order valence-corrected chi connectivity index (χ0v) is 37.2. The fraction of sp³-hybridized carbons (Fsp3) is 0.455. The molecule has 3 aliphatic rings. The molecule has 334 valence electrons. The molecule has 7 rings (SSSR count). The van der Waals surface area contributed by atoms with Crippen LogP contribution < -0.4 is 15.4 Å². The van der Waals surface area contributed by atoms with E-state index in [1.54, 1.807) is 21.9 Å². The Morgan fingerprint density at radius 1 is 1.03 bits per heavy atom. The molecule has 3 fully saturated rings. The Hall–Kier alpha value is -4.92. The number of likely N-dealkylation sites (tertiary alicyclic amines) is 1. The van der Waals surface area contributed by atoms with Gasteiger partial charge in [0, 0.05) is 53.3 Å². The van der Waals surface area contributed by atoms with Gasteiger partial charge < -0.3 is 29.7 Å². The summed E-state index contributed by atoms with van der Waals surface area (Å²) in [6, 6.07) is 15.8. The number of aromatic nitrogens is 1. The molecular weight excluding hydrogens is 876 g/mol. The first-order valence-electron chi connectivity index (χ1n) is 20.7. The number of hydrogen-bond donors (Lipinski definition) is 3. The summed E-state index contributed by atoms with van der Waals surface area (Å²) >= 11 is 1.78. The van der Waals surface area contributed by atoms with Crippen molar-refractivity contribution in [1.82, 2.24) is 20.1 Å². The highest BCUT2D eigenvalue weighted by Gasteiger charge is 2.57. The van der Waals surface area contributed by atoms with E-state index >= 15 is 8.78 Å². The third-order valence-electron chi connectivity index (χ3n) is 11.9. The topological polar surface area (TPSA) is 199 Å². The molecule has 19 heteroatoms. The van der Waals surface area contributed by atoms with Gasteiger partial charge in [-0.25, -0.2) is 4.57 Å². The molecule has 0 radical (unpaired) electrons.